The monoisotopic (exact) mass is 602 g/mol. The zero-order valence-electron chi connectivity index (χ0n) is 24.0. The van der Waals surface area contributed by atoms with Crippen molar-refractivity contribution in [2.75, 3.05) is 40.0 Å². The Morgan fingerprint density at radius 3 is 2.63 bits per heavy atom. The third kappa shape index (κ3) is 8.51. The Balaban J connectivity index is 1.72. The summed E-state index contributed by atoms with van der Waals surface area (Å²) in [6, 6.07) is 18.1. The Kier molecular flexibility index (Phi) is 11.4. The molecule has 2 aromatic heterocycles. The van der Waals surface area contributed by atoms with Gasteiger partial charge in [-0.1, -0.05) is 30.0 Å². The first-order chi connectivity index (χ1) is 20.9. The minimum atomic E-state index is -1.00. The lowest BCUT2D eigenvalue weighted by molar-refractivity contribution is -0.137. The highest BCUT2D eigenvalue weighted by atomic mass is 32.2. The number of carboxylic acid groups (broad SMARTS) is 1. The van der Waals surface area contributed by atoms with Crippen LogP contribution >= 0.6 is 11.8 Å². The van der Waals surface area contributed by atoms with Gasteiger partial charge in [0, 0.05) is 54.7 Å². The molecule has 12 heteroatoms. The van der Waals surface area contributed by atoms with Gasteiger partial charge in [-0.3, -0.25) is 19.9 Å². The van der Waals surface area contributed by atoms with E-state index in [1.807, 2.05) is 61.5 Å². The smallest absolute Gasteiger partial charge is 0.345 e. The van der Waals surface area contributed by atoms with Crippen LogP contribution in [0.25, 0.3) is 23.1 Å². The standard InChI is InChI=1S/C31H34N6O5S/c1-3-42-21-33-17-19-36(18-15-29(38)39)31(41)37-27-20-23(43-28-10-5-4-9-25(28)30(40)32-2)12-13-24(27)26(35-37)14-11-22-8-6-7-16-34-22/h4-14,16,20,33H,3,15,17-19,21H2,1-2H3,(H,32,40)(H,38,39)/b14-11+. The summed E-state index contributed by atoms with van der Waals surface area (Å²) >= 11 is 1.40. The number of aromatic nitrogens is 3. The predicted octanol–water partition coefficient (Wildman–Crippen LogP) is 4.44. The van der Waals surface area contributed by atoms with E-state index in [0.717, 1.165) is 20.9 Å². The number of hydrogen-bond acceptors (Lipinski definition) is 8. The molecule has 0 unspecified atom stereocenters. The third-order valence-corrected chi connectivity index (χ3v) is 7.45. The van der Waals surface area contributed by atoms with Gasteiger partial charge in [0.1, 0.15) is 0 Å². The van der Waals surface area contributed by atoms with Gasteiger partial charge in [-0.15, -0.1) is 0 Å². The lowest BCUT2D eigenvalue weighted by Gasteiger charge is -2.22. The summed E-state index contributed by atoms with van der Waals surface area (Å²) in [6.45, 7) is 3.44. The lowest BCUT2D eigenvalue weighted by atomic mass is 10.2. The first kappa shape index (κ1) is 31.4. The van der Waals surface area contributed by atoms with Crippen molar-refractivity contribution in [1.29, 1.82) is 0 Å². The van der Waals surface area contributed by atoms with Crippen LogP contribution in [0.1, 0.15) is 35.1 Å². The average Bonchev–Trinajstić information content (AvgIpc) is 3.39. The van der Waals surface area contributed by atoms with E-state index in [0.29, 0.717) is 36.7 Å². The van der Waals surface area contributed by atoms with Gasteiger partial charge < -0.3 is 20.1 Å². The van der Waals surface area contributed by atoms with E-state index in [9.17, 15) is 19.5 Å². The van der Waals surface area contributed by atoms with Crippen molar-refractivity contribution in [3.05, 3.63) is 83.8 Å². The van der Waals surface area contributed by atoms with Gasteiger partial charge in [0.25, 0.3) is 5.91 Å². The minimum Gasteiger partial charge on any atom is -0.481 e. The molecule has 0 aliphatic rings. The van der Waals surface area contributed by atoms with Gasteiger partial charge >= 0.3 is 12.0 Å². The molecule has 2 heterocycles. The van der Waals surface area contributed by atoms with Crippen LogP contribution in [0, 0.1) is 0 Å². The van der Waals surface area contributed by atoms with Gasteiger partial charge in [0.05, 0.1) is 35.6 Å². The molecule has 0 radical (unpaired) electrons. The number of ether oxygens (including phenoxy) is 1. The number of amides is 2. The SMILES string of the molecule is CCOCNCCN(CCC(=O)O)C(=O)n1nc(/C=C/c2ccccn2)c2ccc(Sc3ccccc3C(=O)NC)cc21. The van der Waals surface area contributed by atoms with Gasteiger partial charge in [-0.05, 0) is 61.5 Å². The van der Waals surface area contributed by atoms with Gasteiger partial charge in [0.15, 0.2) is 0 Å². The highest BCUT2D eigenvalue weighted by Gasteiger charge is 2.22. The van der Waals surface area contributed by atoms with Crippen molar-refractivity contribution in [3.8, 4) is 0 Å². The average molecular weight is 603 g/mol. The first-order valence-corrected chi connectivity index (χ1v) is 14.6. The highest BCUT2D eigenvalue weighted by molar-refractivity contribution is 7.99. The van der Waals surface area contributed by atoms with Crippen LogP contribution in [0.4, 0.5) is 4.79 Å². The maximum absolute atomic E-state index is 13.9. The molecule has 0 spiro atoms. The summed E-state index contributed by atoms with van der Waals surface area (Å²) in [5.74, 6) is -1.20. The summed E-state index contributed by atoms with van der Waals surface area (Å²) in [7, 11) is 1.59. The van der Waals surface area contributed by atoms with Gasteiger partial charge in [-0.2, -0.15) is 9.78 Å². The second-order valence-electron chi connectivity index (χ2n) is 9.29. The zero-order chi connectivity index (χ0) is 30.6. The molecule has 43 heavy (non-hydrogen) atoms. The fourth-order valence-electron chi connectivity index (χ4n) is 4.22. The van der Waals surface area contributed by atoms with Gasteiger partial charge in [0.2, 0.25) is 0 Å². The van der Waals surface area contributed by atoms with Crippen molar-refractivity contribution in [3.63, 3.8) is 0 Å². The number of nitrogens with one attached hydrogen (secondary N) is 2. The summed E-state index contributed by atoms with van der Waals surface area (Å²) in [6.07, 6.45) is 5.10. The van der Waals surface area contributed by atoms with E-state index in [-0.39, 0.29) is 25.4 Å². The molecule has 4 rings (SSSR count). The molecule has 0 bridgehead atoms. The third-order valence-electron chi connectivity index (χ3n) is 6.38. The van der Waals surface area contributed by atoms with E-state index in [1.165, 1.54) is 21.3 Å². The number of aliphatic carboxylic acids is 1. The summed E-state index contributed by atoms with van der Waals surface area (Å²) < 4.78 is 6.62. The molecule has 0 aliphatic carbocycles. The van der Waals surface area contributed by atoms with Crippen molar-refractivity contribution in [2.45, 2.75) is 23.1 Å². The van der Waals surface area contributed by atoms with Crippen LogP contribution in [0.2, 0.25) is 0 Å². The van der Waals surface area contributed by atoms with E-state index in [2.05, 4.69) is 20.7 Å². The minimum absolute atomic E-state index is 0.0128. The molecule has 2 amide bonds. The number of fused-ring (bicyclic) bond motifs is 1. The molecule has 0 atom stereocenters. The van der Waals surface area contributed by atoms with Gasteiger partial charge in [-0.25, -0.2) is 4.79 Å². The second kappa shape index (κ2) is 15.6. The molecule has 0 saturated heterocycles. The van der Waals surface area contributed by atoms with Crippen LogP contribution in [0.15, 0.2) is 76.7 Å². The van der Waals surface area contributed by atoms with E-state index in [1.54, 1.807) is 31.5 Å². The first-order valence-electron chi connectivity index (χ1n) is 13.8. The number of hydrogen-bond donors (Lipinski definition) is 3. The number of nitrogens with zero attached hydrogens (tertiary/aromatic N) is 4. The molecule has 3 N–H and O–H groups in total. The Hall–Kier alpha value is -4.52. The lowest BCUT2D eigenvalue weighted by Crippen LogP contribution is -2.41. The number of rotatable bonds is 14. The Morgan fingerprint density at radius 1 is 1.07 bits per heavy atom. The number of carbonyl (C=O) groups excluding carboxylic acids is 2. The number of carbonyl (C=O) groups is 3. The van der Waals surface area contributed by atoms with Crippen molar-refractivity contribution >= 4 is 52.7 Å². The maximum Gasteiger partial charge on any atom is 0.345 e. The van der Waals surface area contributed by atoms with Crippen LogP contribution in [-0.4, -0.2) is 82.7 Å². The fraction of sp³-hybridized carbons (Fsp3) is 0.258. The van der Waals surface area contributed by atoms with E-state index >= 15 is 0 Å². The molecule has 2 aromatic carbocycles. The zero-order valence-corrected chi connectivity index (χ0v) is 24.8. The normalized spacial score (nSPS) is 11.2. The molecule has 0 fully saturated rings. The van der Waals surface area contributed by atoms with Crippen LogP contribution < -0.4 is 10.6 Å². The number of carboxylic acids is 1. The summed E-state index contributed by atoms with van der Waals surface area (Å²) in [5.41, 5.74) is 2.38. The highest BCUT2D eigenvalue weighted by Crippen LogP contribution is 2.33. The molecular weight excluding hydrogens is 568 g/mol. The van der Waals surface area contributed by atoms with Crippen LogP contribution in [-0.2, 0) is 9.53 Å². The largest absolute Gasteiger partial charge is 0.481 e. The second-order valence-corrected chi connectivity index (χ2v) is 10.4. The van der Waals surface area contributed by atoms with Crippen molar-refractivity contribution in [2.24, 2.45) is 0 Å². The summed E-state index contributed by atoms with van der Waals surface area (Å²) in [5, 5.41) is 20.5. The van der Waals surface area contributed by atoms with E-state index in [4.69, 9.17) is 4.74 Å². The van der Waals surface area contributed by atoms with Crippen molar-refractivity contribution < 1.29 is 24.2 Å². The fourth-order valence-corrected chi connectivity index (χ4v) is 5.20. The Morgan fingerprint density at radius 2 is 1.88 bits per heavy atom. The molecule has 224 valence electrons. The molecular formula is C31H34N6O5S. The molecule has 4 aromatic rings. The van der Waals surface area contributed by atoms with E-state index < -0.39 is 12.0 Å². The van der Waals surface area contributed by atoms with Crippen LogP contribution in [0.5, 0.6) is 0 Å². The predicted molar refractivity (Wildman–Crippen MR) is 166 cm³/mol. The molecule has 0 aliphatic heterocycles. The topological polar surface area (TPSA) is 139 Å². The molecule has 0 saturated carbocycles. The number of pyridine rings is 1. The summed E-state index contributed by atoms with van der Waals surface area (Å²) in [4.78, 5) is 45.1. The van der Waals surface area contributed by atoms with Crippen molar-refractivity contribution in [1.82, 2.24) is 30.3 Å². The Bertz CT molecular complexity index is 1590. The quantitative estimate of drug-likeness (QED) is 0.141. The van der Waals surface area contributed by atoms with Crippen LogP contribution in [0.3, 0.4) is 0 Å². The number of benzene rings is 2. The maximum atomic E-state index is 13.9. The Labute approximate surface area is 253 Å². The molecule has 11 nitrogen and oxygen atoms in total.